The fourth-order valence-electron chi connectivity index (χ4n) is 3.61. The van der Waals surface area contributed by atoms with Gasteiger partial charge in [0.1, 0.15) is 5.37 Å². The highest BCUT2D eigenvalue weighted by atomic mass is 35.5. The van der Waals surface area contributed by atoms with Gasteiger partial charge in [0, 0.05) is 28.7 Å². The number of thioether (sulfide) groups is 1. The van der Waals surface area contributed by atoms with Crippen LogP contribution in [0.4, 0.5) is 0 Å². The van der Waals surface area contributed by atoms with Crippen LogP contribution in [0.1, 0.15) is 32.4 Å². The summed E-state index contributed by atoms with van der Waals surface area (Å²) in [5, 5.41) is 3.93. The molecule has 7 heteroatoms. The van der Waals surface area contributed by atoms with E-state index < -0.39 is 0 Å². The highest BCUT2D eigenvalue weighted by Crippen LogP contribution is 2.38. The van der Waals surface area contributed by atoms with Gasteiger partial charge < -0.3 is 10.2 Å². The second kappa shape index (κ2) is 10.4. The molecule has 4 nitrogen and oxygen atoms in total. The largest absolute Gasteiger partial charge is 0.348 e. The molecule has 1 atom stereocenters. The van der Waals surface area contributed by atoms with Crippen molar-refractivity contribution >= 4 is 46.8 Å². The van der Waals surface area contributed by atoms with Gasteiger partial charge in [0.05, 0.1) is 5.75 Å². The van der Waals surface area contributed by atoms with E-state index in [9.17, 15) is 9.59 Å². The molecule has 1 fully saturated rings. The molecule has 0 saturated carbocycles. The third kappa shape index (κ3) is 5.47. The van der Waals surface area contributed by atoms with Crippen LogP contribution in [-0.4, -0.2) is 29.0 Å². The first-order chi connectivity index (χ1) is 15.5. The van der Waals surface area contributed by atoms with Crippen LogP contribution in [0.5, 0.6) is 0 Å². The highest BCUT2D eigenvalue weighted by molar-refractivity contribution is 8.00. The van der Waals surface area contributed by atoms with Gasteiger partial charge in [-0.3, -0.25) is 9.59 Å². The van der Waals surface area contributed by atoms with E-state index in [0.717, 1.165) is 17.5 Å². The standard InChI is InChI=1S/C25H22Cl2N2O2S/c26-21-11-10-20(22(27)14-21)15-28-24(31)18-6-8-19(9-7-18)25-29(23(30)16-32-25)13-12-17-4-2-1-3-5-17/h1-11,14,25H,12-13,15-16H2,(H,28,31)/t25-/m1/s1. The van der Waals surface area contributed by atoms with Crippen molar-refractivity contribution in [3.05, 3.63) is 105 Å². The number of carbonyl (C=O) groups excluding carboxylic acids is 2. The molecule has 1 saturated heterocycles. The Morgan fingerprint density at radius 2 is 1.78 bits per heavy atom. The van der Waals surface area contributed by atoms with Gasteiger partial charge in [-0.25, -0.2) is 0 Å². The van der Waals surface area contributed by atoms with Crippen molar-refractivity contribution < 1.29 is 9.59 Å². The lowest BCUT2D eigenvalue weighted by atomic mass is 10.1. The van der Waals surface area contributed by atoms with Crippen LogP contribution in [0.2, 0.25) is 10.0 Å². The zero-order chi connectivity index (χ0) is 22.5. The van der Waals surface area contributed by atoms with Crippen molar-refractivity contribution in [3.63, 3.8) is 0 Å². The van der Waals surface area contributed by atoms with Crippen LogP contribution < -0.4 is 5.32 Å². The number of benzene rings is 3. The van der Waals surface area contributed by atoms with E-state index in [-0.39, 0.29) is 17.2 Å². The maximum absolute atomic E-state index is 12.6. The Morgan fingerprint density at radius 3 is 2.50 bits per heavy atom. The number of hydrogen-bond donors (Lipinski definition) is 1. The van der Waals surface area contributed by atoms with Crippen LogP contribution in [-0.2, 0) is 17.8 Å². The lowest BCUT2D eigenvalue weighted by Crippen LogP contribution is -2.30. The molecule has 1 aliphatic heterocycles. The summed E-state index contributed by atoms with van der Waals surface area (Å²) in [5.41, 5.74) is 3.59. The lowest BCUT2D eigenvalue weighted by Gasteiger charge is -2.24. The minimum atomic E-state index is -0.182. The minimum Gasteiger partial charge on any atom is -0.348 e. The van der Waals surface area contributed by atoms with Gasteiger partial charge in [0.15, 0.2) is 0 Å². The number of rotatable bonds is 7. The second-order valence-electron chi connectivity index (χ2n) is 7.53. The van der Waals surface area contributed by atoms with Crippen molar-refractivity contribution in [1.82, 2.24) is 10.2 Å². The van der Waals surface area contributed by atoms with Gasteiger partial charge in [-0.1, -0.05) is 71.7 Å². The predicted molar refractivity (Wildman–Crippen MR) is 131 cm³/mol. The van der Waals surface area contributed by atoms with Gasteiger partial charge in [-0.05, 0) is 47.4 Å². The maximum Gasteiger partial charge on any atom is 0.251 e. The Kier molecular flexibility index (Phi) is 7.40. The van der Waals surface area contributed by atoms with E-state index in [2.05, 4.69) is 17.4 Å². The fourth-order valence-corrected chi connectivity index (χ4v) is 5.30. The molecule has 2 amide bonds. The molecule has 1 N–H and O–H groups in total. The Bertz CT molecular complexity index is 1110. The zero-order valence-corrected chi connectivity index (χ0v) is 19.6. The molecule has 32 heavy (non-hydrogen) atoms. The minimum absolute atomic E-state index is 0.0313. The second-order valence-corrected chi connectivity index (χ2v) is 9.44. The molecular weight excluding hydrogens is 463 g/mol. The van der Waals surface area contributed by atoms with E-state index in [1.165, 1.54) is 5.56 Å². The number of nitrogens with one attached hydrogen (secondary N) is 1. The summed E-state index contributed by atoms with van der Waals surface area (Å²) in [4.78, 5) is 26.9. The van der Waals surface area contributed by atoms with Crippen molar-refractivity contribution in [3.8, 4) is 0 Å². The molecule has 0 aliphatic carbocycles. The zero-order valence-electron chi connectivity index (χ0n) is 17.3. The summed E-state index contributed by atoms with van der Waals surface area (Å²) in [6.07, 6.45) is 0.817. The number of hydrogen-bond acceptors (Lipinski definition) is 3. The molecule has 3 aromatic rings. The quantitative estimate of drug-likeness (QED) is 0.464. The van der Waals surface area contributed by atoms with Crippen molar-refractivity contribution in [2.45, 2.75) is 18.3 Å². The molecular formula is C25H22Cl2N2O2S. The van der Waals surface area contributed by atoms with Crippen molar-refractivity contribution in [2.24, 2.45) is 0 Å². The molecule has 0 aromatic heterocycles. The van der Waals surface area contributed by atoms with Crippen LogP contribution in [0.15, 0.2) is 72.8 Å². The Labute approximate surface area is 201 Å². The molecule has 0 spiro atoms. The Balaban J connectivity index is 1.38. The van der Waals surface area contributed by atoms with Gasteiger partial charge >= 0.3 is 0 Å². The first-order valence-corrected chi connectivity index (χ1v) is 12.1. The van der Waals surface area contributed by atoms with Gasteiger partial charge in [-0.15, -0.1) is 11.8 Å². The van der Waals surface area contributed by atoms with Crippen molar-refractivity contribution in [2.75, 3.05) is 12.3 Å². The monoisotopic (exact) mass is 484 g/mol. The lowest BCUT2D eigenvalue weighted by molar-refractivity contribution is -0.128. The molecule has 1 aliphatic rings. The summed E-state index contributed by atoms with van der Waals surface area (Å²) in [6.45, 7) is 0.988. The van der Waals surface area contributed by atoms with Crippen molar-refractivity contribution in [1.29, 1.82) is 0 Å². The van der Waals surface area contributed by atoms with E-state index in [1.54, 1.807) is 42.1 Å². The third-order valence-electron chi connectivity index (χ3n) is 5.36. The smallest absolute Gasteiger partial charge is 0.251 e. The summed E-state index contributed by atoms with van der Waals surface area (Å²) >= 11 is 13.7. The fraction of sp³-hybridized carbons (Fsp3) is 0.200. The molecule has 0 bridgehead atoms. The molecule has 4 rings (SSSR count). The van der Waals surface area contributed by atoms with Crippen LogP contribution >= 0.6 is 35.0 Å². The summed E-state index contributed by atoms with van der Waals surface area (Å²) in [5.74, 6) is 0.444. The molecule has 3 aromatic carbocycles. The summed E-state index contributed by atoms with van der Waals surface area (Å²) in [6, 6.07) is 22.8. The summed E-state index contributed by atoms with van der Waals surface area (Å²) in [7, 11) is 0. The molecule has 1 heterocycles. The van der Waals surface area contributed by atoms with Crippen LogP contribution in [0.25, 0.3) is 0 Å². The average Bonchev–Trinajstić information content (AvgIpc) is 3.18. The summed E-state index contributed by atoms with van der Waals surface area (Å²) < 4.78 is 0. The normalized spacial score (nSPS) is 15.8. The molecule has 0 unspecified atom stereocenters. The number of halogens is 2. The van der Waals surface area contributed by atoms with Gasteiger partial charge in [0.25, 0.3) is 5.91 Å². The highest BCUT2D eigenvalue weighted by Gasteiger charge is 2.32. The van der Waals surface area contributed by atoms with E-state index in [1.807, 2.05) is 35.2 Å². The van der Waals surface area contributed by atoms with Crippen LogP contribution in [0.3, 0.4) is 0 Å². The van der Waals surface area contributed by atoms with Crippen LogP contribution in [0, 0.1) is 0 Å². The number of carbonyl (C=O) groups is 2. The average molecular weight is 485 g/mol. The van der Waals surface area contributed by atoms with E-state index in [4.69, 9.17) is 23.2 Å². The molecule has 164 valence electrons. The van der Waals surface area contributed by atoms with E-state index in [0.29, 0.717) is 34.5 Å². The Hall–Kier alpha value is -2.47. The Morgan fingerprint density at radius 1 is 1.03 bits per heavy atom. The third-order valence-corrected chi connectivity index (χ3v) is 7.21. The van der Waals surface area contributed by atoms with E-state index >= 15 is 0 Å². The number of nitrogens with zero attached hydrogens (tertiary/aromatic N) is 1. The molecule has 0 radical (unpaired) electrons. The topological polar surface area (TPSA) is 49.4 Å². The van der Waals surface area contributed by atoms with Gasteiger partial charge in [0.2, 0.25) is 5.91 Å². The predicted octanol–water partition coefficient (Wildman–Crippen LogP) is 5.74. The number of amides is 2. The van der Waals surface area contributed by atoms with Gasteiger partial charge in [-0.2, -0.15) is 0 Å². The first-order valence-electron chi connectivity index (χ1n) is 10.3. The maximum atomic E-state index is 12.6. The first kappa shape index (κ1) is 22.7. The SMILES string of the molecule is O=C(NCc1ccc(Cl)cc1Cl)c1ccc([C@H]2SCC(=O)N2CCc2ccccc2)cc1.